The molecular formula is C10H7BrN4O. The molecule has 0 aliphatic heterocycles. The number of halogens is 1. The van der Waals surface area contributed by atoms with E-state index in [1.54, 1.807) is 24.3 Å². The Morgan fingerprint density at radius 1 is 1.31 bits per heavy atom. The number of nitrogens with zero attached hydrogens (tertiary/aromatic N) is 3. The van der Waals surface area contributed by atoms with E-state index in [0.717, 1.165) is 0 Å². The first-order valence-corrected chi connectivity index (χ1v) is 5.25. The number of rotatable bonds is 2. The molecule has 0 fully saturated rings. The summed E-state index contributed by atoms with van der Waals surface area (Å²) in [5.41, 5.74) is 0.467. The van der Waals surface area contributed by atoms with Crippen molar-refractivity contribution in [3.63, 3.8) is 0 Å². The van der Waals surface area contributed by atoms with Crippen molar-refractivity contribution in [1.29, 1.82) is 0 Å². The molecule has 0 aromatic carbocycles. The van der Waals surface area contributed by atoms with E-state index < -0.39 is 0 Å². The van der Waals surface area contributed by atoms with Gasteiger partial charge in [0.1, 0.15) is 4.60 Å². The lowest BCUT2D eigenvalue weighted by Crippen LogP contribution is -2.13. The summed E-state index contributed by atoms with van der Waals surface area (Å²) < 4.78 is 0.684. The van der Waals surface area contributed by atoms with Gasteiger partial charge < -0.3 is 5.32 Å². The van der Waals surface area contributed by atoms with Crippen LogP contribution in [0.2, 0.25) is 0 Å². The molecule has 0 unspecified atom stereocenters. The van der Waals surface area contributed by atoms with Crippen molar-refractivity contribution in [2.24, 2.45) is 0 Å². The molecule has 2 aromatic rings. The molecule has 1 amide bonds. The SMILES string of the molecule is O=C(Nc1cccnn1)c1ccc(Br)nc1. The minimum atomic E-state index is -0.263. The fourth-order valence-corrected chi connectivity index (χ4v) is 1.30. The van der Waals surface area contributed by atoms with Crippen LogP contribution >= 0.6 is 15.9 Å². The summed E-state index contributed by atoms with van der Waals surface area (Å²) in [6.45, 7) is 0. The van der Waals surface area contributed by atoms with E-state index in [9.17, 15) is 4.79 Å². The van der Waals surface area contributed by atoms with Gasteiger partial charge in [0.25, 0.3) is 5.91 Å². The van der Waals surface area contributed by atoms with Crippen LogP contribution in [0.4, 0.5) is 5.82 Å². The van der Waals surface area contributed by atoms with Crippen molar-refractivity contribution < 1.29 is 4.79 Å². The van der Waals surface area contributed by atoms with Crippen LogP contribution in [0.15, 0.2) is 41.3 Å². The maximum absolute atomic E-state index is 11.7. The fourth-order valence-electron chi connectivity index (χ4n) is 1.07. The summed E-state index contributed by atoms with van der Waals surface area (Å²) in [5.74, 6) is 0.149. The number of carbonyl (C=O) groups excluding carboxylic acids is 1. The zero-order chi connectivity index (χ0) is 11.4. The Labute approximate surface area is 100 Å². The average molecular weight is 279 g/mol. The molecule has 0 aliphatic rings. The van der Waals surface area contributed by atoms with Crippen LogP contribution in [0.1, 0.15) is 10.4 Å². The molecule has 0 bridgehead atoms. The standard InChI is InChI=1S/C10H7BrN4O/c11-8-4-3-7(6-12-8)10(16)14-9-2-1-5-13-15-9/h1-6H,(H,14,15,16). The van der Waals surface area contributed by atoms with Gasteiger partial charge in [-0.1, -0.05) is 0 Å². The van der Waals surface area contributed by atoms with Crippen molar-refractivity contribution in [3.05, 3.63) is 46.8 Å². The van der Waals surface area contributed by atoms with E-state index in [1.165, 1.54) is 12.4 Å². The number of aromatic nitrogens is 3. The Morgan fingerprint density at radius 2 is 2.19 bits per heavy atom. The van der Waals surface area contributed by atoms with Crippen LogP contribution in [0.5, 0.6) is 0 Å². The smallest absolute Gasteiger partial charge is 0.258 e. The average Bonchev–Trinajstić information content (AvgIpc) is 2.31. The highest BCUT2D eigenvalue weighted by molar-refractivity contribution is 9.10. The highest BCUT2D eigenvalue weighted by atomic mass is 79.9. The molecule has 0 saturated heterocycles. The van der Waals surface area contributed by atoms with E-state index in [4.69, 9.17) is 0 Å². The van der Waals surface area contributed by atoms with Gasteiger partial charge in [-0.25, -0.2) is 4.98 Å². The van der Waals surface area contributed by atoms with Gasteiger partial charge in [0.2, 0.25) is 0 Å². The Balaban J connectivity index is 2.12. The highest BCUT2D eigenvalue weighted by Crippen LogP contribution is 2.08. The lowest BCUT2D eigenvalue weighted by molar-refractivity contribution is 0.102. The quantitative estimate of drug-likeness (QED) is 0.852. The lowest BCUT2D eigenvalue weighted by atomic mass is 10.3. The molecule has 80 valence electrons. The number of pyridine rings is 1. The summed E-state index contributed by atoms with van der Waals surface area (Å²) in [4.78, 5) is 15.7. The number of hydrogen-bond donors (Lipinski definition) is 1. The molecule has 6 heteroatoms. The van der Waals surface area contributed by atoms with E-state index in [0.29, 0.717) is 16.0 Å². The second-order valence-electron chi connectivity index (χ2n) is 2.93. The van der Waals surface area contributed by atoms with Gasteiger partial charge in [0.15, 0.2) is 5.82 Å². The minimum absolute atomic E-state index is 0.263. The van der Waals surface area contributed by atoms with Crippen LogP contribution < -0.4 is 5.32 Å². The topological polar surface area (TPSA) is 67.8 Å². The van der Waals surface area contributed by atoms with Crippen LogP contribution in [0.25, 0.3) is 0 Å². The predicted molar refractivity (Wildman–Crippen MR) is 61.9 cm³/mol. The Kier molecular flexibility index (Phi) is 3.21. The van der Waals surface area contributed by atoms with Crippen molar-refractivity contribution in [3.8, 4) is 0 Å². The lowest BCUT2D eigenvalue weighted by Gasteiger charge is -2.02. The van der Waals surface area contributed by atoms with E-state index in [1.807, 2.05) is 0 Å². The maximum Gasteiger partial charge on any atom is 0.258 e. The van der Waals surface area contributed by atoms with Crippen LogP contribution in [-0.4, -0.2) is 21.1 Å². The van der Waals surface area contributed by atoms with Gasteiger partial charge in [0.05, 0.1) is 5.56 Å². The van der Waals surface area contributed by atoms with Crippen molar-refractivity contribution in [1.82, 2.24) is 15.2 Å². The molecule has 1 N–H and O–H groups in total. The fraction of sp³-hybridized carbons (Fsp3) is 0. The van der Waals surface area contributed by atoms with Crippen molar-refractivity contribution in [2.75, 3.05) is 5.32 Å². The number of anilines is 1. The maximum atomic E-state index is 11.7. The molecule has 0 aliphatic carbocycles. The third-order valence-electron chi connectivity index (χ3n) is 1.80. The second kappa shape index (κ2) is 4.80. The highest BCUT2D eigenvalue weighted by Gasteiger charge is 2.06. The van der Waals surface area contributed by atoms with Crippen molar-refractivity contribution in [2.45, 2.75) is 0 Å². The Morgan fingerprint density at radius 3 is 2.81 bits per heavy atom. The summed E-state index contributed by atoms with van der Waals surface area (Å²) >= 11 is 3.20. The monoisotopic (exact) mass is 278 g/mol. The zero-order valence-corrected chi connectivity index (χ0v) is 9.68. The molecular weight excluding hydrogens is 272 g/mol. The first-order chi connectivity index (χ1) is 7.75. The molecule has 5 nitrogen and oxygen atoms in total. The molecule has 0 saturated carbocycles. The molecule has 0 spiro atoms. The third-order valence-corrected chi connectivity index (χ3v) is 2.27. The van der Waals surface area contributed by atoms with E-state index >= 15 is 0 Å². The summed E-state index contributed by atoms with van der Waals surface area (Å²) in [5, 5.41) is 10.0. The van der Waals surface area contributed by atoms with E-state index in [-0.39, 0.29) is 5.91 Å². The van der Waals surface area contributed by atoms with Gasteiger partial charge in [-0.15, -0.1) is 5.10 Å². The third kappa shape index (κ3) is 2.60. The van der Waals surface area contributed by atoms with Gasteiger partial charge >= 0.3 is 0 Å². The number of amides is 1. The van der Waals surface area contributed by atoms with Gasteiger partial charge in [-0.2, -0.15) is 5.10 Å². The van der Waals surface area contributed by atoms with Gasteiger partial charge in [0, 0.05) is 12.4 Å². The molecule has 16 heavy (non-hydrogen) atoms. The summed E-state index contributed by atoms with van der Waals surface area (Å²) in [7, 11) is 0. The zero-order valence-electron chi connectivity index (χ0n) is 8.09. The largest absolute Gasteiger partial charge is 0.305 e. The number of nitrogens with one attached hydrogen (secondary N) is 1. The van der Waals surface area contributed by atoms with Gasteiger partial charge in [-0.05, 0) is 40.2 Å². The number of carbonyl (C=O) groups is 1. The first-order valence-electron chi connectivity index (χ1n) is 4.46. The molecule has 2 rings (SSSR count). The minimum Gasteiger partial charge on any atom is -0.305 e. The number of hydrogen-bond acceptors (Lipinski definition) is 4. The Hall–Kier alpha value is -1.82. The first kappa shape index (κ1) is 10.7. The molecule has 0 radical (unpaired) electrons. The van der Waals surface area contributed by atoms with Crippen LogP contribution in [0, 0.1) is 0 Å². The molecule has 2 heterocycles. The van der Waals surface area contributed by atoms with Crippen LogP contribution in [0.3, 0.4) is 0 Å². The summed E-state index contributed by atoms with van der Waals surface area (Å²) in [6, 6.07) is 6.73. The van der Waals surface area contributed by atoms with Gasteiger partial charge in [-0.3, -0.25) is 4.79 Å². The van der Waals surface area contributed by atoms with E-state index in [2.05, 4.69) is 36.4 Å². The second-order valence-corrected chi connectivity index (χ2v) is 3.75. The normalized spacial score (nSPS) is 9.81. The molecule has 0 atom stereocenters. The predicted octanol–water partition coefficient (Wildman–Crippen LogP) is 1.89. The van der Waals surface area contributed by atoms with Crippen molar-refractivity contribution >= 4 is 27.7 Å². The summed E-state index contributed by atoms with van der Waals surface area (Å²) in [6.07, 6.45) is 3.02. The molecule has 2 aromatic heterocycles. The van der Waals surface area contributed by atoms with Crippen LogP contribution in [-0.2, 0) is 0 Å². The Bertz CT molecular complexity index is 486.